The third-order valence-corrected chi connectivity index (χ3v) is 6.49. The molecule has 0 aliphatic carbocycles. The number of hydrogen-bond acceptors (Lipinski definition) is 7. The molecule has 174 valence electrons. The van der Waals surface area contributed by atoms with Crippen LogP contribution < -0.4 is 20.5 Å². The Kier molecular flexibility index (Phi) is 5.62. The van der Waals surface area contributed by atoms with Gasteiger partial charge in [0.15, 0.2) is 11.5 Å². The van der Waals surface area contributed by atoms with Gasteiger partial charge in [0.1, 0.15) is 6.54 Å². The summed E-state index contributed by atoms with van der Waals surface area (Å²) >= 11 is 0.843. The van der Waals surface area contributed by atoms with Gasteiger partial charge in [0.25, 0.3) is 11.1 Å². The van der Waals surface area contributed by atoms with E-state index in [1.54, 1.807) is 43.5 Å². The highest BCUT2D eigenvalue weighted by molar-refractivity contribution is 8.18. The molecule has 0 radical (unpaired) electrons. The zero-order valence-electron chi connectivity index (χ0n) is 18.1. The van der Waals surface area contributed by atoms with Gasteiger partial charge in [0.05, 0.1) is 15.9 Å². The smallest absolute Gasteiger partial charge is 0.329 e. The van der Waals surface area contributed by atoms with Crippen molar-refractivity contribution < 1.29 is 23.9 Å². The van der Waals surface area contributed by atoms with Gasteiger partial charge in [0.2, 0.25) is 12.7 Å². The van der Waals surface area contributed by atoms with Gasteiger partial charge >= 0.3 is 5.69 Å². The van der Waals surface area contributed by atoms with Crippen LogP contribution >= 0.6 is 11.8 Å². The second-order valence-electron chi connectivity index (χ2n) is 7.71. The average Bonchev–Trinajstić information content (AvgIpc) is 3.47. The number of imide groups is 1. The summed E-state index contributed by atoms with van der Waals surface area (Å²) in [6.07, 6.45) is 1.62. The van der Waals surface area contributed by atoms with Gasteiger partial charge in [-0.25, -0.2) is 4.79 Å². The first-order chi connectivity index (χ1) is 16.4. The predicted octanol–water partition coefficient (Wildman–Crippen LogP) is 1.92. The van der Waals surface area contributed by atoms with Crippen LogP contribution in [0.15, 0.2) is 52.2 Å². The molecule has 0 bridgehead atoms. The van der Waals surface area contributed by atoms with Crippen molar-refractivity contribution in [1.82, 2.24) is 19.4 Å². The maximum absolute atomic E-state index is 12.7. The van der Waals surface area contributed by atoms with E-state index in [2.05, 4.69) is 5.32 Å². The van der Waals surface area contributed by atoms with E-state index < -0.39 is 11.1 Å². The van der Waals surface area contributed by atoms with Crippen molar-refractivity contribution in [3.05, 3.63) is 63.4 Å². The van der Waals surface area contributed by atoms with Crippen LogP contribution in [0.25, 0.3) is 17.1 Å². The van der Waals surface area contributed by atoms with Crippen LogP contribution in [0.3, 0.4) is 0 Å². The summed E-state index contributed by atoms with van der Waals surface area (Å²) in [6.45, 7) is 0.0925. The number of aryl methyl sites for hydroxylation is 1. The first-order valence-electron chi connectivity index (χ1n) is 10.5. The zero-order chi connectivity index (χ0) is 23.8. The minimum Gasteiger partial charge on any atom is -0.454 e. The van der Waals surface area contributed by atoms with Crippen molar-refractivity contribution in [3.8, 4) is 11.5 Å². The normalized spacial score (nSPS) is 16.1. The average molecular weight is 481 g/mol. The van der Waals surface area contributed by atoms with Gasteiger partial charge in [-0.05, 0) is 47.7 Å². The Morgan fingerprint density at radius 2 is 1.85 bits per heavy atom. The number of ether oxygens (including phenoxy) is 2. The number of aromatic nitrogens is 2. The number of thioether (sulfide) groups is 1. The lowest BCUT2D eigenvalue weighted by Crippen LogP contribution is -2.39. The molecule has 1 fully saturated rings. The van der Waals surface area contributed by atoms with E-state index in [1.165, 1.54) is 9.13 Å². The molecule has 1 N–H and O–H groups in total. The van der Waals surface area contributed by atoms with Crippen molar-refractivity contribution in [2.24, 2.45) is 7.05 Å². The molecule has 0 unspecified atom stereocenters. The largest absolute Gasteiger partial charge is 0.454 e. The van der Waals surface area contributed by atoms with Gasteiger partial charge in [0, 0.05) is 20.1 Å². The van der Waals surface area contributed by atoms with Crippen LogP contribution in [0.2, 0.25) is 0 Å². The molecule has 10 nitrogen and oxygen atoms in total. The number of para-hydroxylation sites is 2. The van der Waals surface area contributed by atoms with Crippen molar-refractivity contribution in [1.29, 1.82) is 0 Å². The second kappa shape index (κ2) is 8.75. The van der Waals surface area contributed by atoms with Crippen molar-refractivity contribution in [3.63, 3.8) is 0 Å². The summed E-state index contributed by atoms with van der Waals surface area (Å²) in [7, 11) is 1.65. The third kappa shape index (κ3) is 3.94. The van der Waals surface area contributed by atoms with E-state index in [1.807, 2.05) is 12.1 Å². The Balaban J connectivity index is 1.20. The number of carbonyl (C=O) groups is 3. The first kappa shape index (κ1) is 21.8. The third-order valence-electron chi connectivity index (χ3n) is 5.58. The van der Waals surface area contributed by atoms with Gasteiger partial charge in [-0.1, -0.05) is 18.2 Å². The quantitative estimate of drug-likeness (QED) is 0.537. The van der Waals surface area contributed by atoms with E-state index in [0.717, 1.165) is 22.2 Å². The number of carbonyl (C=O) groups excluding carboxylic acids is 3. The van der Waals surface area contributed by atoms with E-state index >= 15 is 0 Å². The van der Waals surface area contributed by atoms with Gasteiger partial charge in [-0.2, -0.15) is 0 Å². The molecular formula is C23H20N4O6S. The lowest BCUT2D eigenvalue weighted by Gasteiger charge is -2.13. The molecule has 0 atom stereocenters. The monoisotopic (exact) mass is 480 g/mol. The Bertz CT molecular complexity index is 1420. The first-order valence-corrected chi connectivity index (χ1v) is 11.3. The van der Waals surface area contributed by atoms with Gasteiger partial charge in [-0.15, -0.1) is 0 Å². The molecule has 1 saturated heterocycles. The highest BCUT2D eigenvalue weighted by atomic mass is 32.2. The molecule has 3 aromatic rings. The molecule has 2 aliphatic heterocycles. The van der Waals surface area contributed by atoms with Crippen molar-refractivity contribution in [2.45, 2.75) is 6.54 Å². The van der Waals surface area contributed by atoms with Crippen LogP contribution in [0.1, 0.15) is 5.56 Å². The summed E-state index contributed by atoms with van der Waals surface area (Å²) in [5.74, 6) is 0.404. The zero-order valence-corrected chi connectivity index (χ0v) is 19.0. The topological polar surface area (TPSA) is 112 Å². The maximum atomic E-state index is 12.7. The fourth-order valence-electron chi connectivity index (χ4n) is 3.87. The molecule has 2 aromatic carbocycles. The highest BCUT2D eigenvalue weighted by Gasteiger charge is 2.34. The number of imidazole rings is 1. The van der Waals surface area contributed by atoms with E-state index in [0.29, 0.717) is 22.6 Å². The predicted molar refractivity (Wildman–Crippen MR) is 125 cm³/mol. The number of benzene rings is 2. The van der Waals surface area contributed by atoms with Crippen molar-refractivity contribution in [2.75, 3.05) is 19.9 Å². The van der Waals surface area contributed by atoms with Crippen LogP contribution in [0.5, 0.6) is 11.5 Å². The van der Waals surface area contributed by atoms with Crippen molar-refractivity contribution >= 4 is 45.9 Å². The Morgan fingerprint density at radius 3 is 2.68 bits per heavy atom. The maximum Gasteiger partial charge on any atom is 0.329 e. The lowest BCUT2D eigenvalue weighted by molar-refractivity contribution is -0.124. The van der Waals surface area contributed by atoms with E-state index in [4.69, 9.17) is 9.47 Å². The fourth-order valence-corrected chi connectivity index (χ4v) is 4.73. The summed E-state index contributed by atoms with van der Waals surface area (Å²) in [5, 5.41) is 2.27. The molecule has 3 amide bonds. The molecule has 2 aliphatic rings. The Hall–Kier alpha value is -3.99. The van der Waals surface area contributed by atoms with Crippen LogP contribution in [0, 0.1) is 0 Å². The lowest BCUT2D eigenvalue weighted by atomic mass is 10.2. The molecule has 34 heavy (non-hydrogen) atoms. The minimum atomic E-state index is -0.424. The van der Waals surface area contributed by atoms with Gasteiger partial charge in [-0.3, -0.25) is 28.4 Å². The number of rotatable bonds is 6. The minimum absolute atomic E-state index is 0.0271. The summed E-state index contributed by atoms with van der Waals surface area (Å²) < 4.78 is 13.5. The molecule has 1 aromatic heterocycles. The van der Waals surface area contributed by atoms with E-state index in [-0.39, 0.29) is 42.9 Å². The standard InChI is InChI=1S/C23H20N4O6S/c1-25-15-4-2-3-5-16(15)27(22(25)30)12-20(28)24-8-9-26-21(29)19(34-23(26)31)11-14-6-7-17-18(10-14)33-13-32-17/h2-7,10-11H,8-9,12-13H2,1H3,(H,24,28)/b19-11+. The van der Waals surface area contributed by atoms with Gasteiger partial charge < -0.3 is 14.8 Å². The SMILES string of the molecule is Cn1c(=O)n(CC(=O)NCCN2C(=O)S/C(=C/c3ccc4c(c3)OCO4)C2=O)c2ccccc21. The number of amides is 3. The summed E-state index contributed by atoms with van der Waals surface area (Å²) in [6, 6.07) is 12.5. The highest BCUT2D eigenvalue weighted by Crippen LogP contribution is 2.36. The second-order valence-corrected chi connectivity index (χ2v) is 8.71. The number of nitrogens with one attached hydrogen (secondary N) is 1. The molecular weight excluding hydrogens is 460 g/mol. The van der Waals surface area contributed by atoms with Crippen LogP contribution in [-0.2, 0) is 23.2 Å². The molecule has 0 saturated carbocycles. The Labute approximate surface area is 197 Å². The molecule has 3 heterocycles. The number of fused-ring (bicyclic) bond motifs is 2. The molecule has 0 spiro atoms. The molecule has 11 heteroatoms. The van der Waals surface area contributed by atoms with Crippen LogP contribution in [-0.4, -0.2) is 51.0 Å². The fraction of sp³-hybridized carbons (Fsp3) is 0.217. The van der Waals surface area contributed by atoms with Crippen LogP contribution in [0.4, 0.5) is 4.79 Å². The van der Waals surface area contributed by atoms with E-state index in [9.17, 15) is 19.2 Å². The number of nitrogens with zero attached hydrogens (tertiary/aromatic N) is 3. The molecule has 5 rings (SSSR count). The summed E-state index contributed by atoms with van der Waals surface area (Å²) in [4.78, 5) is 51.4. The summed E-state index contributed by atoms with van der Waals surface area (Å²) in [5.41, 5.74) is 1.80. The Morgan fingerprint density at radius 1 is 1.09 bits per heavy atom. The number of hydrogen-bond donors (Lipinski definition) is 1.